The molecule has 138 valence electrons. The Morgan fingerprint density at radius 3 is 3.04 bits per heavy atom. The molecule has 0 radical (unpaired) electrons. The van der Waals surface area contributed by atoms with Gasteiger partial charge in [-0.2, -0.15) is 0 Å². The fourth-order valence-electron chi connectivity index (χ4n) is 2.21. The van der Waals surface area contributed by atoms with Gasteiger partial charge in [-0.1, -0.05) is 6.07 Å². The SMILES string of the molecule is CN=C(NCCCOCC1CC1)NCc1coc(-c2cccs2)n1.I. The number of nitrogens with one attached hydrogen (secondary N) is 2. The minimum atomic E-state index is 0. The number of hydrogen-bond donors (Lipinski definition) is 2. The third-order valence-corrected chi connectivity index (χ3v) is 4.61. The maximum absolute atomic E-state index is 5.62. The van der Waals surface area contributed by atoms with Crippen LogP contribution >= 0.6 is 35.3 Å². The van der Waals surface area contributed by atoms with Crippen LogP contribution in [0.5, 0.6) is 0 Å². The van der Waals surface area contributed by atoms with Crippen LogP contribution in [0.2, 0.25) is 0 Å². The number of oxazole rings is 1. The molecule has 2 heterocycles. The molecule has 2 aromatic rings. The minimum absolute atomic E-state index is 0. The summed E-state index contributed by atoms with van der Waals surface area (Å²) in [7, 11) is 1.76. The van der Waals surface area contributed by atoms with E-state index in [4.69, 9.17) is 9.15 Å². The first kappa shape index (κ1) is 20.2. The topological polar surface area (TPSA) is 71.7 Å². The van der Waals surface area contributed by atoms with E-state index in [1.54, 1.807) is 24.6 Å². The van der Waals surface area contributed by atoms with Crippen LogP contribution in [0.1, 0.15) is 25.0 Å². The number of ether oxygens (including phenoxy) is 1. The maximum atomic E-state index is 5.62. The van der Waals surface area contributed by atoms with E-state index in [0.29, 0.717) is 12.4 Å². The molecule has 0 aromatic carbocycles. The van der Waals surface area contributed by atoms with Crippen LogP contribution in [0.25, 0.3) is 10.8 Å². The molecular weight excluding hydrogens is 451 g/mol. The molecule has 0 aliphatic heterocycles. The van der Waals surface area contributed by atoms with E-state index < -0.39 is 0 Å². The summed E-state index contributed by atoms with van der Waals surface area (Å²) in [4.78, 5) is 9.73. The van der Waals surface area contributed by atoms with Gasteiger partial charge in [0, 0.05) is 26.8 Å². The van der Waals surface area contributed by atoms with Crippen molar-refractivity contribution in [1.29, 1.82) is 0 Å². The van der Waals surface area contributed by atoms with Crippen LogP contribution in [0.15, 0.2) is 33.2 Å². The molecule has 25 heavy (non-hydrogen) atoms. The van der Waals surface area contributed by atoms with Gasteiger partial charge in [0.05, 0.1) is 17.1 Å². The number of rotatable bonds is 9. The Labute approximate surface area is 169 Å². The highest BCUT2D eigenvalue weighted by molar-refractivity contribution is 14.0. The largest absolute Gasteiger partial charge is 0.443 e. The maximum Gasteiger partial charge on any atom is 0.236 e. The smallest absolute Gasteiger partial charge is 0.236 e. The highest BCUT2D eigenvalue weighted by atomic mass is 127. The average molecular weight is 476 g/mol. The second-order valence-corrected chi connectivity index (χ2v) is 6.79. The van der Waals surface area contributed by atoms with Gasteiger partial charge in [-0.15, -0.1) is 35.3 Å². The van der Waals surface area contributed by atoms with Crippen LogP contribution < -0.4 is 10.6 Å². The Balaban J connectivity index is 0.00000225. The average Bonchev–Trinajstić information content (AvgIpc) is 3.08. The molecule has 0 atom stereocenters. The van der Waals surface area contributed by atoms with Crippen molar-refractivity contribution in [2.24, 2.45) is 10.9 Å². The molecule has 3 rings (SSSR count). The van der Waals surface area contributed by atoms with E-state index in [1.165, 1.54) is 12.8 Å². The molecule has 0 amide bonds. The zero-order valence-electron chi connectivity index (χ0n) is 14.4. The van der Waals surface area contributed by atoms with Crippen molar-refractivity contribution in [2.75, 3.05) is 26.8 Å². The van der Waals surface area contributed by atoms with Crippen LogP contribution in [-0.4, -0.2) is 37.7 Å². The van der Waals surface area contributed by atoms with Crippen molar-refractivity contribution >= 4 is 41.3 Å². The molecule has 0 spiro atoms. The Bertz CT molecular complexity index is 641. The highest BCUT2D eigenvalue weighted by Gasteiger charge is 2.20. The second-order valence-electron chi connectivity index (χ2n) is 5.85. The number of aliphatic imine (C=N–C) groups is 1. The summed E-state index contributed by atoms with van der Waals surface area (Å²) in [5.74, 6) is 2.25. The first-order chi connectivity index (χ1) is 11.8. The van der Waals surface area contributed by atoms with E-state index in [9.17, 15) is 0 Å². The van der Waals surface area contributed by atoms with Gasteiger partial charge >= 0.3 is 0 Å². The van der Waals surface area contributed by atoms with E-state index >= 15 is 0 Å². The summed E-state index contributed by atoms with van der Waals surface area (Å²) >= 11 is 1.62. The number of aromatic nitrogens is 1. The normalized spacial score (nSPS) is 14.2. The first-order valence-corrected chi connectivity index (χ1v) is 9.23. The molecule has 2 aromatic heterocycles. The lowest BCUT2D eigenvalue weighted by Crippen LogP contribution is -2.37. The van der Waals surface area contributed by atoms with E-state index in [0.717, 1.165) is 48.6 Å². The highest BCUT2D eigenvalue weighted by Crippen LogP contribution is 2.28. The number of hydrogen-bond acceptors (Lipinski definition) is 5. The summed E-state index contributed by atoms with van der Waals surface area (Å²) < 4.78 is 11.1. The third kappa shape index (κ3) is 6.95. The molecule has 0 bridgehead atoms. The molecule has 1 fully saturated rings. The fraction of sp³-hybridized carbons (Fsp3) is 0.529. The zero-order chi connectivity index (χ0) is 16.6. The predicted octanol–water partition coefficient (Wildman–Crippen LogP) is 3.50. The van der Waals surface area contributed by atoms with Crippen molar-refractivity contribution in [3.05, 3.63) is 29.5 Å². The molecule has 0 saturated heterocycles. The summed E-state index contributed by atoms with van der Waals surface area (Å²) in [5, 5.41) is 8.53. The van der Waals surface area contributed by atoms with Crippen molar-refractivity contribution in [3.8, 4) is 10.8 Å². The van der Waals surface area contributed by atoms with E-state index in [-0.39, 0.29) is 24.0 Å². The Hall–Kier alpha value is -1.13. The predicted molar refractivity (Wildman–Crippen MR) is 112 cm³/mol. The lowest BCUT2D eigenvalue weighted by atomic mass is 10.4. The van der Waals surface area contributed by atoms with E-state index in [1.807, 2.05) is 17.5 Å². The summed E-state index contributed by atoms with van der Waals surface area (Å²) in [6.45, 7) is 3.13. The zero-order valence-corrected chi connectivity index (χ0v) is 17.5. The quantitative estimate of drug-likeness (QED) is 0.251. The van der Waals surface area contributed by atoms with Crippen molar-refractivity contribution in [3.63, 3.8) is 0 Å². The van der Waals surface area contributed by atoms with Gasteiger partial charge in [0.2, 0.25) is 5.89 Å². The lowest BCUT2D eigenvalue weighted by molar-refractivity contribution is 0.123. The van der Waals surface area contributed by atoms with Gasteiger partial charge in [-0.3, -0.25) is 4.99 Å². The summed E-state index contributed by atoms with van der Waals surface area (Å²) in [5.41, 5.74) is 0.856. The number of halogens is 1. The molecule has 6 nitrogen and oxygen atoms in total. The number of guanidine groups is 1. The second kappa shape index (κ2) is 10.8. The fourth-order valence-corrected chi connectivity index (χ4v) is 2.87. The van der Waals surface area contributed by atoms with Gasteiger partial charge < -0.3 is 19.8 Å². The minimum Gasteiger partial charge on any atom is -0.443 e. The van der Waals surface area contributed by atoms with Crippen molar-refractivity contribution < 1.29 is 9.15 Å². The molecular formula is C17H25IN4O2S. The number of thiophene rings is 1. The van der Waals surface area contributed by atoms with Crippen molar-refractivity contribution in [1.82, 2.24) is 15.6 Å². The van der Waals surface area contributed by atoms with Crippen LogP contribution in [-0.2, 0) is 11.3 Å². The standard InChI is InChI=1S/C17H24N4O2S.HI/c1-18-17(19-7-3-8-22-11-13-5-6-13)20-10-14-12-23-16(21-14)15-4-2-9-24-15;/h2,4,9,12-13H,3,5-8,10-11H2,1H3,(H2,18,19,20);1H. The number of nitrogens with zero attached hydrogens (tertiary/aromatic N) is 2. The molecule has 8 heteroatoms. The molecule has 0 unspecified atom stereocenters. The van der Waals surface area contributed by atoms with Gasteiger partial charge in [0.25, 0.3) is 0 Å². The van der Waals surface area contributed by atoms with Gasteiger partial charge in [0.15, 0.2) is 5.96 Å². The lowest BCUT2D eigenvalue weighted by Gasteiger charge is -2.10. The Morgan fingerprint density at radius 2 is 2.32 bits per heavy atom. The molecule has 2 N–H and O–H groups in total. The summed E-state index contributed by atoms with van der Waals surface area (Å²) in [6.07, 6.45) is 5.33. The molecule has 1 aliphatic rings. The van der Waals surface area contributed by atoms with Gasteiger partial charge in [-0.05, 0) is 36.6 Å². The van der Waals surface area contributed by atoms with Crippen molar-refractivity contribution in [2.45, 2.75) is 25.8 Å². The molecule has 1 aliphatic carbocycles. The summed E-state index contributed by atoms with van der Waals surface area (Å²) in [6, 6.07) is 3.99. The van der Waals surface area contributed by atoms with Gasteiger partial charge in [-0.25, -0.2) is 4.98 Å². The van der Waals surface area contributed by atoms with Crippen LogP contribution in [0.3, 0.4) is 0 Å². The molecule has 1 saturated carbocycles. The van der Waals surface area contributed by atoms with E-state index in [2.05, 4.69) is 20.6 Å². The Kier molecular flexibility index (Phi) is 8.70. The van der Waals surface area contributed by atoms with Crippen LogP contribution in [0, 0.1) is 5.92 Å². The first-order valence-electron chi connectivity index (χ1n) is 8.35. The van der Waals surface area contributed by atoms with Crippen LogP contribution in [0.4, 0.5) is 0 Å². The monoisotopic (exact) mass is 476 g/mol. The Morgan fingerprint density at radius 1 is 1.44 bits per heavy atom. The van der Waals surface area contributed by atoms with Gasteiger partial charge in [0.1, 0.15) is 6.26 Å². The third-order valence-electron chi connectivity index (χ3n) is 3.75.